The molecule has 15 heavy (non-hydrogen) atoms. The zero-order chi connectivity index (χ0) is 10.9. The minimum absolute atomic E-state index is 0.523. The Morgan fingerprint density at radius 2 is 2.07 bits per heavy atom. The van der Waals surface area contributed by atoms with Crippen molar-refractivity contribution in [2.45, 2.75) is 25.4 Å². The molecule has 0 saturated carbocycles. The Labute approximate surface area is 97.5 Å². The van der Waals surface area contributed by atoms with Crippen LogP contribution in [0.3, 0.4) is 0 Å². The molecule has 2 heterocycles. The highest BCUT2D eigenvalue weighted by molar-refractivity contribution is 9.10. The first-order valence-electron chi connectivity index (χ1n) is 5.08. The average molecular weight is 272 g/mol. The molecule has 4 nitrogen and oxygen atoms in total. The fourth-order valence-electron chi connectivity index (χ4n) is 1.90. The molecule has 82 valence electrons. The van der Waals surface area contributed by atoms with Crippen LogP contribution in [0.15, 0.2) is 16.9 Å². The van der Waals surface area contributed by atoms with Crippen molar-refractivity contribution < 1.29 is 5.11 Å². The van der Waals surface area contributed by atoms with E-state index in [1.54, 1.807) is 12.4 Å². The van der Waals surface area contributed by atoms with E-state index in [-0.39, 0.29) is 0 Å². The summed E-state index contributed by atoms with van der Waals surface area (Å²) in [5.41, 5.74) is -0.523. The average Bonchev–Trinajstić information content (AvgIpc) is 2.16. The molecule has 0 unspecified atom stereocenters. The largest absolute Gasteiger partial charge is 0.386 e. The number of halogens is 1. The first-order chi connectivity index (χ1) is 7.13. The molecule has 0 radical (unpaired) electrons. The quantitative estimate of drug-likeness (QED) is 0.907. The lowest BCUT2D eigenvalue weighted by molar-refractivity contribution is 0.00245. The Hall–Kier alpha value is -0.680. The number of aromatic nitrogens is 2. The lowest BCUT2D eigenvalue weighted by Crippen LogP contribution is -2.62. The van der Waals surface area contributed by atoms with Crippen LogP contribution in [0.25, 0.3) is 0 Å². The Bertz CT molecular complexity index is 335. The third-order valence-corrected chi connectivity index (χ3v) is 2.98. The predicted octanol–water partition coefficient (Wildman–Crippen LogP) is 1.59. The van der Waals surface area contributed by atoms with Gasteiger partial charge in [-0.05, 0) is 22.4 Å². The molecule has 1 saturated heterocycles. The molecule has 1 fully saturated rings. The molecular formula is C10H14BrN3O. The number of nitrogens with zero attached hydrogens (tertiary/aromatic N) is 3. The van der Waals surface area contributed by atoms with E-state index in [0.717, 1.165) is 17.3 Å². The highest BCUT2D eigenvalue weighted by Gasteiger charge is 2.41. The molecule has 0 aliphatic carbocycles. The smallest absolute Gasteiger partial charge is 0.225 e. The van der Waals surface area contributed by atoms with Crippen molar-refractivity contribution in [2.75, 3.05) is 18.0 Å². The van der Waals surface area contributed by atoms with Crippen LogP contribution in [0.1, 0.15) is 19.8 Å². The van der Waals surface area contributed by atoms with Gasteiger partial charge in [0.1, 0.15) is 0 Å². The Kier molecular flexibility index (Phi) is 2.93. The van der Waals surface area contributed by atoms with Crippen LogP contribution >= 0.6 is 15.9 Å². The molecule has 0 spiro atoms. The van der Waals surface area contributed by atoms with Gasteiger partial charge in [0.2, 0.25) is 5.95 Å². The maximum Gasteiger partial charge on any atom is 0.225 e. The first-order valence-corrected chi connectivity index (χ1v) is 5.87. The van der Waals surface area contributed by atoms with Crippen molar-refractivity contribution in [1.82, 2.24) is 9.97 Å². The molecular weight excluding hydrogens is 258 g/mol. The third kappa shape index (κ3) is 2.29. The lowest BCUT2D eigenvalue weighted by atomic mass is 9.90. The van der Waals surface area contributed by atoms with E-state index in [0.29, 0.717) is 19.0 Å². The second-order valence-corrected chi connectivity index (χ2v) is 4.95. The van der Waals surface area contributed by atoms with Crippen molar-refractivity contribution in [1.29, 1.82) is 0 Å². The molecule has 0 bridgehead atoms. The summed E-state index contributed by atoms with van der Waals surface area (Å²) < 4.78 is 0.871. The second-order valence-electron chi connectivity index (χ2n) is 4.03. The van der Waals surface area contributed by atoms with E-state index >= 15 is 0 Å². The SMILES string of the molecule is CCCC1(O)CN(c2ncc(Br)cn2)C1. The molecule has 0 aromatic carbocycles. The fourth-order valence-corrected chi connectivity index (χ4v) is 2.10. The summed E-state index contributed by atoms with van der Waals surface area (Å²) in [7, 11) is 0. The number of hydrogen-bond acceptors (Lipinski definition) is 4. The van der Waals surface area contributed by atoms with Crippen molar-refractivity contribution in [3.05, 3.63) is 16.9 Å². The summed E-state index contributed by atoms with van der Waals surface area (Å²) in [5, 5.41) is 9.99. The highest BCUT2D eigenvalue weighted by Crippen LogP contribution is 2.28. The van der Waals surface area contributed by atoms with E-state index in [1.807, 2.05) is 4.90 Å². The monoisotopic (exact) mass is 271 g/mol. The van der Waals surface area contributed by atoms with Gasteiger partial charge in [0.15, 0.2) is 0 Å². The van der Waals surface area contributed by atoms with Gasteiger partial charge in [-0.25, -0.2) is 9.97 Å². The predicted molar refractivity (Wildman–Crippen MR) is 61.8 cm³/mol. The van der Waals surface area contributed by atoms with Crippen LogP contribution in [-0.2, 0) is 0 Å². The summed E-state index contributed by atoms with van der Waals surface area (Å²) in [6.45, 7) is 3.36. The van der Waals surface area contributed by atoms with Crippen molar-refractivity contribution in [3.8, 4) is 0 Å². The van der Waals surface area contributed by atoms with E-state index < -0.39 is 5.60 Å². The van der Waals surface area contributed by atoms with Gasteiger partial charge >= 0.3 is 0 Å². The van der Waals surface area contributed by atoms with E-state index in [1.165, 1.54) is 0 Å². The maximum absolute atomic E-state index is 9.99. The minimum atomic E-state index is -0.523. The minimum Gasteiger partial charge on any atom is -0.386 e. The van der Waals surface area contributed by atoms with Crippen LogP contribution in [0.2, 0.25) is 0 Å². The van der Waals surface area contributed by atoms with E-state index in [4.69, 9.17) is 0 Å². The molecule has 1 aromatic rings. The van der Waals surface area contributed by atoms with Gasteiger partial charge in [-0.3, -0.25) is 0 Å². The van der Waals surface area contributed by atoms with Crippen molar-refractivity contribution in [2.24, 2.45) is 0 Å². The molecule has 0 atom stereocenters. The standard InChI is InChI=1S/C10H14BrN3O/c1-2-3-10(15)6-14(7-10)9-12-4-8(11)5-13-9/h4-5,15H,2-3,6-7H2,1H3. The Balaban J connectivity index is 1.97. The number of aliphatic hydroxyl groups is 1. The van der Waals surface area contributed by atoms with Gasteiger partial charge < -0.3 is 10.0 Å². The zero-order valence-corrected chi connectivity index (χ0v) is 10.2. The summed E-state index contributed by atoms with van der Waals surface area (Å²) in [6.07, 6.45) is 5.30. The van der Waals surface area contributed by atoms with Crippen LogP contribution in [0, 0.1) is 0 Å². The van der Waals surface area contributed by atoms with Crippen LogP contribution < -0.4 is 4.90 Å². The fraction of sp³-hybridized carbons (Fsp3) is 0.600. The molecule has 1 N–H and O–H groups in total. The van der Waals surface area contributed by atoms with E-state index in [2.05, 4.69) is 32.8 Å². The van der Waals surface area contributed by atoms with Gasteiger partial charge in [-0.1, -0.05) is 13.3 Å². The summed E-state index contributed by atoms with van der Waals surface area (Å²) >= 11 is 3.29. The second kappa shape index (κ2) is 4.06. The summed E-state index contributed by atoms with van der Waals surface area (Å²) in [5.74, 6) is 0.693. The number of rotatable bonds is 3. The molecule has 0 amide bonds. The Morgan fingerprint density at radius 1 is 1.47 bits per heavy atom. The Morgan fingerprint density at radius 3 is 2.60 bits per heavy atom. The van der Waals surface area contributed by atoms with Gasteiger partial charge in [-0.2, -0.15) is 0 Å². The van der Waals surface area contributed by atoms with Crippen molar-refractivity contribution >= 4 is 21.9 Å². The lowest BCUT2D eigenvalue weighted by Gasteiger charge is -2.46. The first kappa shape index (κ1) is 10.8. The van der Waals surface area contributed by atoms with Crippen molar-refractivity contribution in [3.63, 3.8) is 0 Å². The summed E-state index contributed by atoms with van der Waals surface area (Å²) in [6, 6.07) is 0. The van der Waals surface area contributed by atoms with Crippen LogP contribution in [0.4, 0.5) is 5.95 Å². The van der Waals surface area contributed by atoms with Crippen LogP contribution in [-0.4, -0.2) is 33.8 Å². The normalized spacial score (nSPS) is 18.7. The summed E-state index contributed by atoms with van der Waals surface area (Å²) in [4.78, 5) is 10.4. The number of anilines is 1. The molecule has 1 aliphatic rings. The molecule has 2 rings (SSSR count). The topological polar surface area (TPSA) is 49.2 Å². The molecule has 1 aliphatic heterocycles. The van der Waals surface area contributed by atoms with Gasteiger partial charge in [0, 0.05) is 12.4 Å². The van der Waals surface area contributed by atoms with Gasteiger partial charge in [0.25, 0.3) is 0 Å². The van der Waals surface area contributed by atoms with E-state index in [9.17, 15) is 5.11 Å². The zero-order valence-electron chi connectivity index (χ0n) is 8.65. The maximum atomic E-state index is 9.99. The molecule has 1 aromatic heterocycles. The highest BCUT2D eigenvalue weighted by atomic mass is 79.9. The number of hydrogen-bond donors (Lipinski definition) is 1. The third-order valence-electron chi connectivity index (χ3n) is 2.58. The molecule has 5 heteroatoms. The van der Waals surface area contributed by atoms with Gasteiger partial charge in [0.05, 0.1) is 23.2 Å². The van der Waals surface area contributed by atoms with Crippen LogP contribution in [0.5, 0.6) is 0 Å². The van der Waals surface area contributed by atoms with Gasteiger partial charge in [-0.15, -0.1) is 0 Å². The number of β-amino-alcohol motifs (C(OH)–C–C–N with tert-alkyl or cyclic N) is 1.